The molecule has 0 fully saturated rings. The Kier molecular flexibility index (Phi) is 4.11. The summed E-state index contributed by atoms with van der Waals surface area (Å²) in [6.07, 6.45) is 0. The quantitative estimate of drug-likeness (QED) is 0.614. The largest absolute Gasteiger partial charge is 0.324 e. The smallest absolute Gasteiger partial charge is 0.306 e. The summed E-state index contributed by atoms with van der Waals surface area (Å²) in [6, 6.07) is 2.75. The van der Waals surface area contributed by atoms with E-state index in [9.17, 15) is 19.3 Å². The molecular weight excluding hydrogens is 229 g/mol. The SMILES string of the molecule is CNC(C)C(=O)Nc1ccc(F)c([N+](=O)[O-])c1. The molecule has 0 aliphatic rings. The Balaban J connectivity index is 2.90. The standard InChI is InChI=1S/C10H12FN3O3/c1-6(12-2)10(15)13-7-3-4-8(11)9(5-7)14(16)17/h3-6,12H,1-2H3,(H,13,15). The molecule has 0 bridgehead atoms. The molecule has 92 valence electrons. The number of rotatable bonds is 4. The number of anilines is 1. The van der Waals surface area contributed by atoms with Crippen molar-refractivity contribution in [2.75, 3.05) is 12.4 Å². The average molecular weight is 241 g/mol. The van der Waals surface area contributed by atoms with Crippen molar-refractivity contribution >= 4 is 17.3 Å². The lowest BCUT2D eigenvalue weighted by Gasteiger charge is -2.10. The molecule has 0 saturated heterocycles. The molecule has 1 rings (SSSR count). The highest BCUT2D eigenvalue weighted by atomic mass is 19.1. The Morgan fingerprint density at radius 3 is 2.71 bits per heavy atom. The molecule has 1 unspecified atom stereocenters. The second-order valence-electron chi connectivity index (χ2n) is 3.42. The van der Waals surface area contributed by atoms with Crippen molar-refractivity contribution < 1.29 is 14.1 Å². The first-order chi connectivity index (χ1) is 7.95. The van der Waals surface area contributed by atoms with Crippen molar-refractivity contribution in [3.05, 3.63) is 34.1 Å². The number of carbonyl (C=O) groups excluding carboxylic acids is 1. The van der Waals surface area contributed by atoms with Crippen LogP contribution < -0.4 is 10.6 Å². The third-order valence-electron chi connectivity index (χ3n) is 2.24. The molecule has 0 aromatic heterocycles. The van der Waals surface area contributed by atoms with E-state index in [0.717, 1.165) is 12.1 Å². The lowest BCUT2D eigenvalue weighted by atomic mass is 10.2. The lowest BCUT2D eigenvalue weighted by Crippen LogP contribution is -2.35. The summed E-state index contributed by atoms with van der Waals surface area (Å²) >= 11 is 0. The first-order valence-corrected chi connectivity index (χ1v) is 4.87. The molecule has 1 amide bonds. The minimum absolute atomic E-state index is 0.185. The number of nitrogens with one attached hydrogen (secondary N) is 2. The maximum Gasteiger partial charge on any atom is 0.306 e. The predicted octanol–water partition coefficient (Wildman–Crippen LogP) is 1.28. The van der Waals surface area contributed by atoms with Crippen LogP contribution in [0.25, 0.3) is 0 Å². The summed E-state index contributed by atoms with van der Waals surface area (Å²) in [5, 5.41) is 15.6. The fourth-order valence-corrected chi connectivity index (χ4v) is 1.11. The molecule has 0 spiro atoms. The topological polar surface area (TPSA) is 84.3 Å². The summed E-state index contributed by atoms with van der Waals surface area (Å²) < 4.78 is 13.0. The number of hydrogen-bond donors (Lipinski definition) is 2. The van der Waals surface area contributed by atoms with Crippen LogP contribution in [0, 0.1) is 15.9 Å². The zero-order chi connectivity index (χ0) is 13.0. The molecule has 17 heavy (non-hydrogen) atoms. The summed E-state index contributed by atoms with van der Waals surface area (Å²) in [6.45, 7) is 1.63. The Morgan fingerprint density at radius 1 is 1.53 bits per heavy atom. The van der Waals surface area contributed by atoms with E-state index in [2.05, 4.69) is 10.6 Å². The van der Waals surface area contributed by atoms with Crippen molar-refractivity contribution in [3.8, 4) is 0 Å². The van der Waals surface area contributed by atoms with Gasteiger partial charge in [0.2, 0.25) is 11.7 Å². The molecule has 0 aliphatic heterocycles. The number of carbonyl (C=O) groups is 1. The molecular formula is C10H12FN3O3. The number of amides is 1. The van der Waals surface area contributed by atoms with Gasteiger partial charge in [-0.1, -0.05) is 0 Å². The second kappa shape index (κ2) is 5.35. The molecule has 1 aromatic rings. The molecule has 7 heteroatoms. The molecule has 0 radical (unpaired) electrons. The van der Waals surface area contributed by atoms with Crippen LogP contribution in [-0.4, -0.2) is 23.9 Å². The van der Waals surface area contributed by atoms with Gasteiger partial charge in [-0.25, -0.2) is 0 Å². The van der Waals surface area contributed by atoms with Crippen LogP contribution in [-0.2, 0) is 4.79 Å². The van der Waals surface area contributed by atoms with Crippen LogP contribution in [0.4, 0.5) is 15.8 Å². The normalized spacial score (nSPS) is 11.9. The van der Waals surface area contributed by atoms with Gasteiger partial charge in [-0.2, -0.15) is 4.39 Å². The van der Waals surface area contributed by atoms with Crippen molar-refractivity contribution in [1.29, 1.82) is 0 Å². The predicted molar refractivity (Wildman–Crippen MR) is 60.2 cm³/mol. The van der Waals surface area contributed by atoms with Crippen molar-refractivity contribution in [1.82, 2.24) is 5.32 Å². The minimum Gasteiger partial charge on any atom is -0.324 e. The van der Waals surface area contributed by atoms with Crippen molar-refractivity contribution in [2.45, 2.75) is 13.0 Å². The van der Waals surface area contributed by atoms with E-state index in [4.69, 9.17) is 0 Å². The lowest BCUT2D eigenvalue weighted by molar-refractivity contribution is -0.387. The van der Waals surface area contributed by atoms with E-state index in [-0.39, 0.29) is 11.6 Å². The molecule has 0 heterocycles. The van der Waals surface area contributed by atoms with E-state index < -0.39 is 22.5 Å². The number of nitrogens with zero attached hydrogens (tertiary/aromatic N) is 1. The highest BCUT2D eigenvalue weighted by molar-refractivity contribution is 5.94. The fraction of sp³-hybridized carbons (Fsp3) is 0.300. The molecule has 6 nitrogen and oxygen atoms in total. The van der Waals surface area contributed by atoms with Gasteiger partial charge in [-0.05, 0) is 26.1 Å². The van der Waals surface area contributed by atoms with E-state index in [1.54, 1.807) is 14.0 Å². The molecule has 1 aromatic carbocycles. The number of nitro groups is 1. The Hall–Kier alpha value is -2.02. The van der Waals surface area contributed by atoms with Crippen LogP contribution in [0.5, 0.6) is 0 Å². The van der Waals surface area contributed by atoms with Gasteiger partial charge in [-0.3, -0.25) is 14.9 Å². The number of nitro benzene ring substituents is 1. The van der Waals surface area contributed by atoms with Gasteiger partial charge >= 0.3 is 5.69 Å². The van der Waals surface area contributed by atoms with Gasteiger partial charge in [-0.15, -0.1) is 0 Å². The van der Waals surface area contributed by atoms with E-state index in [1.807, 2.05) is 0 Å². The summed E-state index contributed by atoms with van der Waals surface area (Å²) in [5.41, 5.74) is -0.481. The third-order valence-corrected chi connectivity index (χ3v) is 2.24. The molecule has 1 atom stereocenters. The summed E-state index contributed by atoms with van der Waals surface area (Å²) in [7, 11) is 1.61. The van der Waals surface area contributed by atoms with Crippen molar-refractivity contribution in [3.63, 3.8) is 0 Å². The van der Waals surface area contributed by atoms with Gasteiger partial charge in [0.05, 0.1) is 11.0 Å². The van der Waals surface area contributed by atoms with Crippen molar-refractivity contribution in [2.24, 2.45) is 0 Å². The summed E-state index contributed by atoms with van der Waals surface area (Å²) in [4.78, 5) is 21.1. The number of hydrogen-bond acceptors (Lipinski definition) is 4. The van der Waals surface area contributed by atoms with Gasteiger partial charge in [0.1, 0.15) is 0 Å². The van der Waals surface area contributed by atoms with Crippen LogP contribution in [0.1, 0.15) is 6.92 Å². The Morgan fingerprint density at radius 2 is 2.18 bits per heavy atom. The molecule has 0 aliphatic carbocycles. The molecule has 0 saturated carbocycles. The highest BCUT2D eigenvalue weighted by Gasteiger charge is 2.16. The van der Waals surface area contributed by atoms with E-state index >= 15 is 0 Å². The van der Waals surface area contributed by atoms with Crippen LogP contribution >= 0.6 is 0 Å². The zero-order valence-electron chi connectivity index (χ0n) is 9.36. The third kappa shape index (κ3) is 3.22. The Bertz CT molecular complexity index is 450. The van der Waals surface area contributed by atoms with Gasteiger partial charge in [0.15, 0.2) is 0 Å². The van der Waals surface area contributed by atoms with Crippen LogP contribution in [0.3, 0.4) is 0 Å². The maximum atomic E-state index is 13.0. The first kappa shape index (κ1) is 13.0. The number of halogens is 1. The number of likely N-dealkylation sites (N-methyl/N-ethyl adjacent to an activating group) is 1. The monoisotopic (exact) mass is 241 g/mol. The first-order valence-electron chi connectivity index (χ1n) is 4.87. The maximum absolute atomic E-state index is 13.0. The van der Waals surface area contributed by atoms with Gasteiger partial charge in [0.25, 0.3) is 0 Å². The van der Waals surface area contributed by atoms with Gasteiger partial charge < -0.3 is 10.6 Å². The highest BCUT2D eigenvalue weighted by Crippen LogP contribution is 2.21. The average Bonchev–Trinajstić information content (AvgIpc) is 2.30. The zero-order valence-corrected chi connectivity index (χ0v) is 9.36. The van der Waals surface area contributed by atoms with E-state index in [1.165, 1.54) is 6.07 Å². The van der Waals surface area contributed by atoms with Gasteiger partial charge in [0, 0.05) is 11.8 Å². The number of benzene rings is 1. The minimum atomic E-state index is -0.935. The summed E-state index contributed by atoms with van der Waals surface area (Å²) in [5.74, 6) is -1.29. The van der Waals surface area contributed by atoms with Crippen LogP contribution in [0.2, 0.25) is 0 Å². The van der Waals surface area contributed by atoms with E-state index in [0.29, 0.717) is 0 Å². The fourth-order valence-electron chi connectivity index (χ4n) is 1.11. The Labute approximate surface area is 97.0 Å². The second-order valence-corrected chi connectivity index (χ2v) is 3.42. The van der Waals surface area contributed by atoms with Crippen LogP contribution in [0.15, 0.2) is 18.2 Å². The molecule has 2 N–H and O–H groups in total.